The van der Waals surface area contributed by atoms with Crippen LogP contribution in [0.25, 0.3) is 0 Å². The number of amides is 2. The molecule has 0 saturated carbocycles. The predicted molar refractivity (Wildman–Crippen MR) is 166 cm³/mol. The van der Waals surface area contributed by atoms with Crippen molar-refractivity contribution in [2.24, 2.45) is 0 Å². The summed E-state index contributed by atoms with van der Waals surface area (Å²) in [6.45, 7) is 3.78. The molecule has 43 heavy (non-hydrogen) atoms. The number of hydrogen-bond acceptors (Lipinski definition) is 7. The number of hydrogen-bond donors (Lipinski definition) is 1. The number of unbranched alkanes of at least 4 members (excludes halogenated alkanes) is 1. The van der Waals surface area contributed by atoms with E-state index in [9.17, 15) is 18.0 Å². The lowest BCUT2D eigenvalue weighted by Crippen LogP contribution is -2.52. The minimum atomic E-state index is -4.26. The first kappa shape index (κ1) is 33.3. The lowest BCUT2D eigenvalue weighted by Gasteiger charge is -2.33. The highest BCUT2D eigenvalue weighted by Crippen LogP contribution is 2.36. The van der Waals surface area contributed by atoms with Crippen LogP contribution in [0.1, 0.15) is 38.7 Å². The highest BCUT2D eigenvalue weighted by Gasteiger charge is 2.35. The number of nitrogens with one attached hydrogen (secondary N) is 1. The van der Waals surface area contributed by atoms with E-state index < -0.39 is 28.5 Å². The van der Waals surface area contributed by atoms with Crippen LogP contribution in [0.4, 0.5) is 5.69 Å². The topological polar surface area (TPSA) is 114 Å². The van der Waals surface area contributed by atoms with Crippen LogP contribution < -0.4 is 23.8 Å². The predicted octanol–water partition coefficient (Wildman–Crippen LogP) is 4.63. The van der Waals surface area contributed by atoms with Gasteiger partial charge in [0.05, 0.1) is 31.9 Å². The Labute approximate surface area is 254 Å². The third-order valence-electron chi connectivity index (χ3n) is 6.97. The smallest absolute Gasteiger partial charge is 0.264 e. The fourth-order valence-corrected chi connectivity index (χ4v) is 6.06. The first-order valence-electron chi connectivity index (χ1n) is 14.2. The minimum absolute atomic E-state index is 0.00336. The normalized spacial score (nSPS) is 11.7. The molecule has 0 spiro atoms. The second-order valence-electron chi connectivity index (χ2n) is 9.80. The summed E-state index contributed by atoms with van der Waals surface area (Å²) in [5.74, 6) is 0.344. The molecule has 0 heterocycles. The van der Waals surface area contributed by atoms with Gasteiger partial charge in [0.2, 0.25) is 11.8 Å². The summed E-state index contributed by atoms with van der Waals surface area (Å²) in [6, 6.07) is 18.9. The molecule has 3 rings (SSSR count). The van der Waals surface area contributed by atoms with Crippen LogP contribution >= 0.6 is 0 Å². The third-order valence-corrected chi connectivity index (χ3v) is 8.74. The molecule has 0 unspecified atom stereocenters. The molecule has 3 aromatic carbocycles. The second kappa shape index (κ2) is 15.8. The quantitative estimate of drug-likeness (QED) is 0.235. The van der Waals surface area contributed by atoms with E-state index in [1.165, 1.54) is 37.3 Å². The van der Waals surface area contributed by atoms with Crippen molar-refractivity contribution in [3.63, 3.8) is 0 Å². The van der Waals surface area contributed by atoms with Crippen LogP contribution in [-0.2, 0) is 26.2 Å². The zero-order valence-corrected chi connectivity index (χ0v) is 26.2. The van der Waals surface area contributed by atoms with Crippen molar-refractivity contribution in [3.8, 4) is 17.2 Å². The van der Waals surface area contributed by atoms with Crippen LogP contribution in [0, 0.1) is 0 Å². The van der Waals surface area contributed by atoms with Gasteiger partial charge in [-0.3, -0.25) is 13.9 Å². The Balaban J connectivity index is 2.12. The monoisotopic (exact) mass is 611 g/mol. The molecule has 0 bridgehead atoms. The van der Waals surface area contributed by atoms with Crippen LogP contribution in [0.2, 0.25) is 0 Å². The van der Waals surface area contributed by atoms with Gasteiger partial charge in [-0.05, 0) is 54.8 Å². The molecule has 0 aliphatic rings. The molecule has 0 aliphatic carbocycles. The molecule has 0 aromatic heterocycles. The fraction of sp³-hybridized carbons (Fsp3) is 0.375. The maximum Gasteiger partial charge on any atom is 0.264 e. The molecule has 232 valence electrons. The Morgan fingerprint density at radius 2 is 1.56 bits per heavy atom. The summed E-state index contributed by atoms with van der Waals surface area (Å²) in [5, 5.41) is 2.93. The van der Waals surface area contributed by atoms with E-state index in [0.29, 0.717) is 24.5 Å². The van der Waals surface area contributed by atoms with Crippen LogP contribution in [-0.4, -0.2) is 65.6 Å². The Bertz CT molecular complexity index is 1460. The summed E-state index contributed by atoms with van der Waals surface area (Å²) in [7, 11) is 0.167. The maximum absolute atomic E-state index is 14.3. The molecular weight excluding hydrogens is 570 g/mol. The van der Waals surface area contributed by atoms with Crippen molar-refractivity contribution in [1.82, 2.24) is 10.2 Å². The number of carbonyl (C=O) groups is 2. The van der Waals surface area contributed by atoms with Crippen LogP contribution in [0.15, 0.2) is 77.7 Å². The number of nitrogens with zero attached hydrogens (tertiary/aromatic N) is 2. The van der Waals surface area contributed by atoms with Crippen LogP contribution in [0.3, 0.4) is 0 Å². The summed E-state index contributed by atoms with van der Waals surface area (Å²) < 4.78 is 45.5. The summed E-state index contributed by atoms with van der Waals surface area (Å²) in [4.78, 5) is 29.1. The van der Waals surface area contributed by atoms with E-state index in [0.717, 1.165) is 22.7 Å². The summed E-state index contributed by atoms with van der Waals surface area (Å²) in [5.41, 5.74) is 0.852. The number of benzene rings is 3. The molecule has 0 saturated heterocycles. The molecule has 2 amide bonds. The molecular formula is C32H41N3O7S. The Kier molecular flexibility index (Phi) is 12.2. The zero-order valence-electron chi connectivity index (χ0n) is 25.4. The van der Waals surface area contributed by atoms with Gasteiger partial charge in [-0.2, -0.15) is 0 Å². The number of anilines is 1. The van der Waals surface area contributed by atoms with Gasteiger partial charge in [0.25, 0.3) is 10.0 Å². The van der Waals surface area contributed by atoms with Crippen molar-refractivity contribution in [2.75, 3.05) is 38.7 Å². The molecule has 1 N–H and O–H groups in total. The third kappa shape index (κ3) is 8.41. The number of carbonyl (C=O) groups excluding carboxylic acids is 2. The van der Waals surface area contributed by atoms with Gasteiger partial charge in [-0.1, -0.05) is 50.6 Å². The van der Waals surface area contributed by atoms with E-state index in [1.54, 1.807) is 55.6 Å². The summed E-state index contributed by atoms with van der Waals surface area (Å²) in [6.07, 6.45) is 2.02. The number of sulfonamides is 1. The largest absolute Gasteiger partial charge is 0.497 e. The Morgan fingerprint density at radius 1 is 0.860 bits per heavy atom. The van der Waals surface area contributed by atoms with E-state index in [1.807, 2.05) is 19.9 Å². The van der Waals surface area contributed by atoms with Gasteiger partial charge in [0.15, 0.2) is 0 Å². The summed E-state index contributed by atoms with van der Waals surface area (Å²) >= 11 is 0. The van der Waals surface area contributed by atoms with Gasteiger partial charge < -0.3 is 24.4 Å². The van der Waals surface area contributed by atoms with Gasteiger partial charge in [0.1, 0.15) is 29.8 Å². The number of ether oxygens (including phenoxy) is 3. The standard InChI is InChI=1S/C32H41N3O7S/c1-6-8-19-33-32(37)28(7-2)34(22-24-13-12-14-25(20-24)40-3)31(36)23-35(43(38,39)27-15-10-9-11-16-27)29-21-26(41-4)17-18-30(29)42-5/h9-18,20-21,28H,6-8,19,22-23H2,1-5H3,(H,33,37)/t28-/m1/s1. The van der Waals surface area contributed by atoms with E-state index in [4.69, 9.17) is 14.2 Å². The van der Waals surface area contributed by atoms with Crippen molar-refractivity contribution >= 4 is 27.5 Å². The average molecular weight is 612 g/mol. The number of rotatable bonds is 16. The van der Waals surface area contributed by atoms with E-state index in [2.05, 4.69) is 5.32 Å². The van der Waals surface area contributed by atoms with E-state index >= 15 is 0 Å². The zero-order chi connectivity index (χ0) is 31.4. The molecule has 3 aromatic rings. The lowest BCUT2D eigenvalue weighted by molar-refractivity contribution is -0.140. The molecule has 0 radical (unpaired) electrons. The van der Waals surface area contributed by atoms with Crippen molar-refractivity contribution in [3.05, 3.63) is 78.4 Å². The van der Waals surface area contributed by atoms with E-state index in [-0.39, 0.29) is 28.8 Å². The lowest BCUT2D eigenvalue weighted by atomic mass is 10.1. The molecule has 0 aliphatic heterocycles. The van der Waals surface area contributed by atoms with Gasteiger partial charge in [-0.15, -0.1) is 0 Å². The van der Waals surface area contributed by atoms with Gasteiger partial charge >= 0.3 is 0 Å². The molecule has 0 fully saturated rings. The maximum atomic E-state index is 14.3. The van der Waals surface area contributed by atoms with Crippen molar-refractivity contribution in [1.29, 1.82) is 0 Å². The average Bonchev–Trinajstić information content (AvgIpc) is 3.03. The molecule has 10 nitrogen and oxygen atoms in total. The van der Waals surface area contributed by atoms with Crippen molar-refractivity contribution < 1.29 is 32.2 Å². The molecule has 1 atom stereocenters. The van der Waals surface area contributed by atoms with Crippen molar-refractivity contribution in [2.45, 2.75) is 50.6 Å². The fourth-order valence-electron chi connectivity index (χ4n) is 4.62. The molecule has 11 heteroatoms. The first-order chi connectivity index (χ1) is 20.7. The Hall–Kier alpha value is -4.25. The SMILES string of the molecule is CCCCNC(=O)[C@@H](CC)N(Cc1cccc(OC)c1)C(=O)CN(c1cc(OC)ccc1OC)S(=O)(=O)c1ccccc1. The minimum Gasteiger partial charge on any atom is -0.497 e. The van der Waals surface area contributed by atoms with Gasteiger partial charge in [-0.25, -0.2) is 8.42 Å². The Morgan fingerprint density at radius 3 is 2.19 bits per heavy atom. The van der Waals surface area contributed by atoms with Crippen LogP contribution in [0.5, 0.6) is 17.2 Å². The highest BCUT2D eigenvalue weighted by atomic mass is 32.2. The van der Waals surface area contributed by atoms with Gasteiger partial charge in [0, 0.05) is 19.2 Å². The number of methoxy groups -OCH3 is 3. The first-order valence-corrected chi connectivity index (χ1v) is 15.6. The highest BCUT2D eigenvalue weighted by molar-refractivity contribution is 7.92. The second-order valence-corrected chi connectivity index (χ2v) is 11.7.